The summed E-state index contributed by atoms with van der Waals surface area (Å²) in [5.74, 6) is 0. The zero-order chi connectivity index (χ0) is 7.68. The van der Waals surface area contributed by atoms with E-state index in [0.29, 0.717) is 0 Å². The van der Waals surface area contributed by atoms with E-state index >= 15 is 0 Å². The number of fused-ring (bicyclic) bond motifs is 1. The third-order valence-electron chi connectivity index (χ3n) is 2.05. The van der Waals surface area contributed by atoms with Crippen molar-refractivity contribution in [2.24, 2.45) is 0 Å². The second kappa shape index (κ2) is 2.54. The molecule has 1 radical (unpaired) electrons. The number of rotatable bonds is 0. The predicted octanol–water partition coefficient (Wildman–Crippen LogP) is 2.66. The van der Waals surface area contributed by atoms with Crippen molar-refractivity contribution in [2.45, 2.75) is 13.3 Å². The van der Waals surface area contributed by atoms with Gasteiger partial charge in [0, 0.05) is 6.42 Å². The minimum absolute atomic E-state index is 1.09. The van der Waals surface area contributed by atoms with E-state index in [-0.39, 0.29) is 0 Å². The van der Waals surface area contributed by atoms with E-state index in [1.54, 1.807) is 0 Å². The van der Waals surface area contributed by atoms with Gasteiger partial charge in [-0.15, -0.1) is 0 Å². The van der Waals surface area contributed by atoms with Crippen LogP contribution in [0, 0.1) is 13.3 Å². The van der Waals surface area contributed by atoms with Crippen LogP contribution in [0.25, 0.3) is 0 Å². The van der Waals surface area contributed by atoms with E-state index in [1.165, 1.54) is 16.7 Å². The normalized spacial score (nSPS) is 14.6. The summed E-state index contributed by atoms with van der Waals surface area (Å²) in [6.07, 6.45) is 7.57. The monoisotopic (exact) mass is 143 g/mol. The molecule has 0 atom stereocenters. The van der Waals surface area contributed by atoms with Crippen LogP contribution in [-0.4, -0.2) is 0 Å². The summed E-state index contributed by atoms with van der Waals surface area (Å²) in [6.45, 7) is 2.14. The first-order chi connectivity index (χ1) is 5.36. The zero-order valence-corrected chi connectivity index (χ0v) is 6.67. The number of aryl methyl sites for hydroxylation is 1. The maximum absolute atomic E-state index is 2.26. The molecular weight excluding hydrogens is 132 g/mol. The van der Waals surface area contributed by atoms with Crippen molar-refractivity contribution in [3.63, 3.8) is 0 Å². The molecule has 0 saturated carbocycles. The lowest BCUT2D eigenvalue weighted by molar-refractivity contribution is 1.18. The summed E-state index contributed by atoms with van der Waals surface area (Å²) in [5.41, 5.74) is 4.18. The molecule has 0 heterocycles. The van der Waals surface area contributed by atoms with Gasteiger partial charge in [-0.05, 0) is 24.5 Å². The zero-order valence-electron chi connectivity index (χ0n) is 6.67. The fourth-order valence-electron chi connectivity index (χ4n) is 1.44. The molecule has 0 amide bonds. The lowest BCUT2D eigenvalue weighted by Gasteiger charge is -2.10. The van der Waals surface area contributed by atoms with Crippen LogP contribution in [0.2, 0.25) is 0 Å². The molecule has 0 N–H and O–H groups in total. The van der Waals surface area contributed by atoms with E-state index in [4.69, 9.17) is 0 Å². The fourth-order valence-corrected chi connectivity index (χ4v) is 1.44. The number of allylic oxidation sites excluding steroid dienone is 2. The molecule has 0 aromatic heterocycles. The Bertz CT molecular complexity index is 295. The highest BCUT2D eigenvalue weighted by atomic mass is 14.1. The van der Waals surface area contributed by atoms with E-state index in [2.05, 4.69) is 43.7 Å². The first-order valence-corrected chi connectivity index (χ1v) is 3.96. The van der Waals surface area contributed by atoms with Gasteiger partial charge in [-0.2, -0.15) is 0 Å². The SMILES string of the molecule is Cc1ccc2c(c1)CC=C[CH]2. The molecule has 1 aliphatic carbocycles. The van der Waals surface area contributed by atoms with Crippen LogP contribution < -0.4 is 0 Å². The van der Waals surface area contributed by atoms with Crippen molar-refractivity contribution in [3.05, 3.63) is 53.5 Å². The molecule has 1 aromatic rings. The summed E-state index contributed by atoms with van der Waals surface area (Å²) >= 11 is 0. The molecule has 11 heavy (non-hydrogen) atoms. The maximum atomic E-state index is 2.26. The summed E-state index contributed by atoms with van der Waals surface area (Å²) in [4.78, 5) is 0. The Morgan fingerprint density at radius 1 is 1.27 bits per heavy atom. The molecule has 0 unspecified atom stereocenters. The minimum atomic E-state index is 1.09. The van der Waals surface area contributed by atoms with Gasteiger partial charge in [0.05, 0.1) is 0 Å². The van der Waals surface area contributed by atoms with Crippen molar-refractivity contribution >= 4 is 0 Å². The molecule has 0 bridgehead atoms. The molecule has 0 spiro atoms. The summed E-state index contributed by atoms with van der Waals surface area (Å²) in [5, 5.41) is 0. The van der Waals surface area contributed by atoms with Crippen molar-refractivity contribution in [2.75, 3.05) is 0 Å². The Morgan fingerprint density at radius 3 is 3.09 bits per heavy atom. The molecule has 0 nitrogen and oxygen atoms in total. The van der Waals surface area contributed by atoms with Gasteiger partial charge in [0.15, 0.2) is 0 Å². The molecule has 0 fully saturated rings. The summed E-state index contributed by atoms with van der Waals surface area (Å²) < 4.78 is 0. The van der Waals surface area contributed by atoms with Crippen LogP contribution in [0.15, 0.2) is 30.4 Å². The van der Waals surface area contributed by atoms with Crippen molar-refractivity contribution < 1.29 is 0 Å². The molecule has 55 valence electrons. The molecule has 0 aliphatic heterocycles. The predicted molar refractivity (Wildman–Crippen MR) is 47.4 cm³/mol. The van der Waals surface area contributed by atoms with Gasteiger partial charge in [-0.1, -0.05) is 35.9 Å². The Hall–Kier alpha value is -1.04. The highest BCUT2D eigenvalue weighted by Gasteiger charge is 2.03. The second-order valence-electron chi connectivity index (χ2n) is 3.00. The average molecular weight is 143 g/mol. The molecule has 0 heteroatoms. The molecule has 1 aliphatic rings. The fraction of sp³-hybridized carbons (Fsp3) is 0.182. The maximum Gasteiger partial charge on any atom is 0.0125 e. The van der Waals surface area contributed by atoms with E-state index in [9.17, 15) is 0 Å². The molecule has 1 aromatic carbocycles. The van der Waals surface area contributed by atoms with Gasteiger partial charge < -0.3 is 0 Å². The van der Waals surface area contributed by atoms with Crippen LogP contribution in [0.5, 0.6) is 0 Å². The van der Waals surface area contributed by atoms with Gasteiger partial charge in [0.1, 0.15) is 0 Å². The van der Waals surface area contributed by atoms with Gasteiger partial charge in [0.2, 0.25) is 0 Å². The second-order valence-corrected chi connectivity index (χ2v) is 3.00. The van der Waals surface area contributed by atoms with Crippen LogP contribution in [0.1, 0.15) is 16.7 Å². The Morgan fingerprint density at radius 2 is 2.18 bits per heavy atom. The number of hydrogen-bond donors (Lipinski definition) is 0. The summed E-state index contributed by atoms with van der Waals surface area (Å²) in [7, 11) is 0. The minimum Gasteiger partial charge on any atom is -0.0835 e. The van der Waals surface area contributed by atoms with Crippen LogP contribution in [-0.2, 0) is 6.42 Å². The Labute approximate surface area is 67.6 Å². The van der Waals surface area contributed by atoms with Crippen molar-refractivity contribution in [3.8, 4) is 0 Å². The van der Waals surface area contributed by atoms with Crippen molar-refractivity contribution in [1.82, 2.24) is 0 Å². The van der Waals surface area contributed by atoms with E-state index < -0.39 is 0 Å². The van der Waals surface area contributed by atoms with E-state index in [0.717, 1.165) is 6.42 Å². The topological polar surface area (TPSA) is 0 Å². The van der Waals surface area contributed by atoms with Crippen LogP contribution >= 0.6 is 0 Å². The van der Waals surface area contributed by atoms with Crippen LogP contribution in [0.4, 0.5) is 0 Å². The van der Waals surface area contributed by atoms with E-state index in [1.807, 2.05) is 0 Å². The highest BCUT2D eigenvalue weighted by Crippen LogP contribution is 2.18. The Kier molecular flexibility index (Phi) is 1.54. The highest BCUT2D eigenvalue weighted by molar-refractivity contribution is 5.42. The first kappa shape index (κ1) is 6.66. The van der Waals surface area contributed by atoms with Gasteiger partial charge in [-0.25, -0.2) is 0 Å². The van der Waals surface area contributed by atoms with Crippen molar-refractivity contribution in [1.29, 1.82) is 0 Å². The van der Waals surface area contributed by atoms with Gasteiger partial charge in [-0.3, -0.25) is 0 Å². The number of hydrogen-bond acceptors (Lipinski definition) is 0. The smallest absolute Gasteiger partial charge is 0.0125 e. The Balaban J connectivity index is 2.48. The van der Waals surface area contributed by atoms with Crippen LogP contribution in [0.3, 0.4) is 0 Å². The lowest BCUT2D eigenvalue weighted by atomic mass is 9.95. The quantitative estimate of drug-likeness (QED) is 0.523. The van der Waals surface area contributed by atoms with Gasteiger partial charge in [0.25, 0.3) is 0 Å². The average Bonchev–Trinajstić information content (AvgIpc) is 2.04. The first-order valence-electron chi connectivity index (χ1n) is 3.96. The lowest BCUT2D eigenvalue weighted by Crippen LogP contribution is -1.95. The summed E-state index contributed by atoms with van der Waals surface area (Å²) in [6, 6.07) is 6.61. The molecule has 0 saturated heterocycles. The molecular formula is C11H11. The third kappa shape index (κ3) is 1.21. The third-order valence-corrected chi connectivity index (χ3v) is 2.05. The van der Waals surface area contributed by atoms with Gasteiger partial charge >= 0.3 is 0 Å². The largest absolute Gasteiger partial charge is 0.0835 e. The molecule has 2 rings (SSSR count). The number of benzene rings is 1. The standard InChI is InChI=1S/C11H11/c1-9-6-7-10-4-2-3-5-11(10)8-9/h2-4,6-8H,5H2,1H3.